The van der Waals surface area contributed by atoms with Crippen molar-refractivity contribution in [2.75, 3.05) is 25.4 Å². The fraction of sp³-hybridized carbons (Fsp3) is 0.200. The van der Waals surface area contributed by atoms with Crippen molar-refractivity contribution in [2.45, 2.75) is 6.42 Å². The summed E-state index contributed by atoms with van der Waals surface area (Å²) in [7, 11) is 0. The molecular formula is C20H20N2O3. The van der Waals surface area contributed by atoms with Crippen molar-refractivity contribution in [3.05, 3.63) is 71.4 Å². The largest absolute Gasteiger partial charge is 0.460 e. The molecule has 0 unspecified atom stereocenters. The van der Waals surface area contributed by atoms with Gasteiger partial charge < -0.3 is 15.4 Å². The van der Waals surface area contributed by atoms with E-state index >= 15 is 0 Å². The highest BCUT2D eigenvalue weighted by molar-refractivity contribution is 5.98. The standard InChI is InChI=1S/C20H20N2O3/c1-3-14-9-19(23)25-12-17(14)20(24)22-10-13(2)16(11-22)8-15-6-4-5-7-18(15)21/h3-8H,1-2,9-12,21H2/b16-8-. The first-order chi connectivity index (χ1) is 12.0. The second kappa shape index (κ2) is 6.81. The van der Waals surface area contributed by atoms with Crippen LogP contribution in [0.2, 0.25) is 0 Å². The van der Waals surface area contributed by atoms with Crippen LogP contribution in [-0.2, 0) is 14.3 Å². The van der Waals surface area contributed by atoms with E-state index in [4.69, 9.17) is 10.5 Å². The van der Waals surface area contributed by atoms with E-state index in [9.17, 15) is 9.59 Å². The van der Waals surface area contributed by atoms with Gasteiger partial charge in [-0.1, -0.05) is 37.4 Å². The molecule has 0 aromatic heterocycles. The van der Waals surface area contributed by atoms with Gasteiger partial charge in [0.15, 0.2) is 0 Å². The van der Waals surface area contributed by atoms with E-state index in [1.165, 1.54) is 0 Å². The highest BCUT2D eigenvalue weighted by Gasteiger charge is 2.30. The number of benzene rings is 1. The Morgan fingerprint density at radius 3 is 2.76 bits per heavy atom. The Labute approximate surface area is 146 Å². The number of amides is 1. The summed E-state index contributed by atoms with van der Waals surface area (Å²) in [5.41, 5.74) is 10.6. The Morgan fingerprint density at radius 2 is 2.04 bits per heavy atom. The molecule has 5 nitrogen and oxygen atoms in total. The van der Waals surface area contributed by atoms with Crippen LogP contribution in [0.25, 0.3) is 6.08 Å². The summed E-state index contributed by atoms with van der Waals surface area (Å²) in [6.45, 7) is 8.65. The van der Waals surface area contributed by atoms with Crippen molar-refractivity contribution >= 4 is 23.6 Å². The molecule has 0 spiro atoms. The quantitative estimate of drug-likeness (QED) is 0.680. The third-order valence-electron chi connectivity index (χ3n) is 4.41. The molecule has 1 fully saturated rings. The third kappa shape index (κ3) is 3.40. The molecule has 25 heavy (non-hydrogen) atoms. The molecule has 2 aliphatic heterocycles. The van der Waals surface area contributed by atoms with Crippen molar-refractivity contribution in [3.8, 4) is 0 Å². The second-order valence-electron chi connectivity index (χ2n) is 6.11. The maximum atomic E-state index is 12.8. The maximum Gasteiger partial charge on any atom is 0.310 e. The van der Waals surface area contributed by atoms with Gasteiger partial charge in [-0.15, -0.1) is 0 Å². The van der Waals surface area contributed by atoms with Crippen LogP contribution >= 0.6 is 0 Å². The number of ether oxygens (including phenoxy) is 1. The zero-order valence-electron chi connectivity index (χ0n) is 14.0. The summed E-state index contributed by atoms with van der Waals surface area (Å²) < 4.78 is 5.02. The van der Waals surface area contributed by atoms with E-state index in [1.54, 1.807) is 11.0 Å². The van der Waals surface area contributed by atoms with Crippen molar-refractivity contribution in [1.29, 1.82) is 0 Å². The topological polar surface area (TPSA) is 72.6 Å². The summed E-state index contributed by atoms with van der Waals surface area (Å²) in [6, 6.07) is 7.56. The molecular weight excluding hydrogens is 316 g/mol. The number of nitrogen functional groups attached to an aromatic ring is 1. The number of hydrogen-bond donors (Lipinski definition) is 1. The number of para-hydroxylation sites is 1. The first-order valence-electron chi connectivity index (χ1n) is 8.02. The zero-order chi connectivity index (χ0) is 18.0. The van der Waals surface area contributed by atoms with Crippen LogP contribution in [0.4, 0.5) is 5.69 Å². The maximum absolute atomic E-state index is 12.8. The molecule has 1 saturated heterocycles. The number of nitrogens with zero attached hydrogens (tertiary/aromatic N) is 1. The number of cyclic esters (lactones) is 1. The van der Waals surface area contributed by atoms with Crippen molar-refractivity contribution in [1.82, 2.24) is 4.90 Å². The number of carbonyl (C=O) groups is 2. The lowest BCUT2D eigenvalue weighted by atomic mass is 10.0. The Bertz CT molecular complexity index is 833. The molecule has 0 saturated carbocycles. The van der Waals surface area contributed by atoms with Gasteiger partial charge in [0.25, 0.3) is 5.91 Å². The van der Waals surface area contributed by atoms with Gasteiger partial charge in [0.2, 0.25) is 0 Å². The molecule has 2 aliphatic rings. The number of esters is 1. The van der Waals surface area contributed by atoms with E-state index in [0.29, 0.717) is 29.9 Å². The number of rotatable bonds is 3. The predicted octanol–water partition coefficient (Wildman–Crippen LogP) is 2.48. The summed E-state index contributed by atoms with van der Waals surface area (Å²) in [5.74, 6) is -0.481. The van der Waals surface area contributed by atoms with E-state index in [1.807, 2.05) is 30.3 Å². The van der Waals surface area contributed by atoms with Crippen LogP contribution in [0, 0.1) is 0 Å². The minimum Gasteiger partial charge on any atom is -0.460 e. The van der Waals surface area contributed by atoms with Gasteiger partial charge in [-0.05, 0) is 34.4 Å². The molecule has 1 aromatic carbocycles. The molecule has 0 aliphatic carbocycles. The number of carbonyl (C=O) groups excluding carboxylic acids is 2. The smallest absolute Gasteiger partial charge is 0.310 e. The molecule has 1 amide bonds. The Balaban J connectivity index is 1.83. The number of allylic oxidation sites excluding steroid dienone is 1. The summed E-state index contributed by atoms with van der Waals surface area (Å²) in [4.78, 5) is 25.9. The van der Waals surface area contributed by atoms with Gasteiger partial charge in [-0.3, -0.25) is 9.59 Å². The Kier molecular flexibility index (Phi) is 4.57. The van der Waals surface area contributed by atoms with E-state index in [0.717, 1.165) is 16.7 Å². The molecule has 5 heteroatoms. The normalized spacial score (nSPS) is 19.4. The van der Waals surface area contributed by atoms with E-state index in [-0.39, 0.29) is 24.9 Å². The average molecular weight is 336 g/mol. The number of nitrogens with two attached hydrogens (primary N) is 1. The van der Waals surface area contributed by atoms with Crippen LogP contribution in [0.5, 0.6) is 0 Å². The molecule has 2 heterocycles. The van der Waals surface area contributed by atoms with Gasteiger partial charge in [-0.2, -0.15) is 0 Å². The van der Waals surface area contributed by atoms with Crippen LogP contribution < -0.4 is 5.73 Å². The average Bonchev–Trinajstić information content (AvgIpc) is 2.97. The van der Waals surface area contributed by atoms with E-state index < -0.39 is 0 Å². The summed E-state index contributed by atoms with van der Waals surface area (Å²) in [5, 5.41) is 0. The molecule has 2 N–H and O–H groups in total. The molecule has 0 bridgehead atoms. The minimum absolute atomic E-state index is 0.00726. The van der Waals surface area contributed by atoms with Gasteiger partial charge in [0.1, 0.15) is 6.61 Å². The second-order valence-corrected chi connectivity index (χ2v) is 6.11. The Morgan fingerprint density at radius 1 is 1.28 bits per heavy atom. The fourth-order valence-corrected chi connectivity index (χ4v) is 2.97. The molecule has 128 valence electrons. The van der Waals surface area contributed by atoms with Crippen LogP contribution in [-0.4, -0.2) is 36.5 Å². The molecule has 0 atom stereocenters. The lowest BCUT2D eigenvalue weighted by Crippen LogP contribution is -2.33. The third-order valence-corrected chi connectivity index (χ3v) is 4.41. The number of hydrogen-bond acceptors (Lipinski definition) is 4. The SMILES string of the molecule is C=CC1=C(C(=O)N2CC(=C)/C(=C\c3ccccc3N)C2)COC(=O)C1. The summed E-state index contributed by atoms with van der Waals surface area (Å²) in [6.07, 6.45) is 3.61. The molecule has 0 radical (unpaired) electrons. The number of anilines is 1. The van der Waals surface area contributed by atoms with Gasteiger partial charge in [0, 0.05) is 18.8 Å². The van der Waals surface area contributed by atoms with Crippen LogP contribution in [0.1, 0.15) is 12.0 Å². The lowest BCUT2D eigenvalue weighted by molar-refractivity contribution is -0.143. The monoisotopic (exact) mass is 336 g/mol. The predicted molar refractivity (Wildman–Crippen MR) is 97.4 cm³/mol. The van der Waals surface area contributed by atoms with Crippen LogP contribution in [0.15, 0.2) is 65.8 Å². The van der Waals surface area contributed by atoms with Crippen molar-refractivity contribution in [3.63, 3.8) is 0 Å². The highest BCUT2D eigenvalue weighted by Crippen LogP contribution is 2.28. The minimum atomic E-state index is -0.336. The lowest BCUT2D eigenvalue weighted by Gasteiger charge is -2.22. The Hall–Kier alpha value is -3.08. The van der Waals surface area contributed by atoms with Gasteiger partial charge in [-0.25, -0.2) is 0 Å². The van der Waals surface area contributed by atoms with Gasteiger partial charge >= 0.3 is 5.97 Å². The van der Waals surface area contributed by atoms with Crippen molar-refractivity contribution < 1.29 is 14.3 Å². The summed E-state index contributed by atoms with van der Waals surface area (Å²) >= 11 is 0. The first-order valence-corrected chi connectivity index (χ1v) is 8.02. The van der Waals surface area contributed by atoms with Crippen molar-refractivity contribution in [2.24, 2.45) is 0 Å². The number of likely N-dealkylation sites (tertiary alicyclic amines) is 1. The first kappa shape index (κ1) is 16.8. The molecule has 3 rings (SSSR count). The fourth-order valence-electron chi connectivity index (χ4n) is 2.97. The zero-order valence-corrected chi connectivity index (χ0v) is 14.0. The molecule has 1 aromatic rings. The van der Waals surface area contributed by atoms with Crippen LogP contribution in [0.3, 0.4) is 0 Å². The van der Waals surface area contributed by atoms with E-state index in [2.05, 4.69) is 13.2 Å². The van der Waals surface area contributed by atoms with Gasteiger partial charge in [0.05, 0.1) is 12.0 Å². The highest BCUT2D eigenvalue weighted by atomic mass is 16.5.